The third kappa shape index (κ3) is 6.35. The maximum atomic E-state index is 11.5. The van der Waals surface area contributed by atoms with Crippen LogP contribution in [0, 0.1) is 5.92 Å². The summed E-state index contributed by atoms with van der Waals surface area (Å²) in [4.78, 5) is 16.1. The number of para-hydroxylation sites is 1. The molecule has 0 bridgehead atoms. The van der Waals surface area contributed by atoms with Gasteiger partial charge in [0.15, 0.2) is 0 Å². The van der Waals surface area contributed by atoms with Crippen molar-refractivity contribution in [3.05, 3.63) is 102 Å². The lowest BCUT2D eigenvalue weighted by molar-refractivity contribution is -0.141. The number of aliphatic carboxylic acids is 1. The fraction of sp³-hybridized carbons (Fsp3) is 0.241. The van der Waals surface area contributed by atoms with Crippen molar-refractivity contribution in [2.75, 3.05) is 0 Å². The van der Waals surface area contributed by atoms with E-state index in [2.05, 4.69) is 11.1 Å². The minimum Gasteiger partial charge on any atom is -0.489 e. The molecule has 0 spiro atoms. The zero-order valence-corrected chi connectivity index (χ0v) is 19.3. The molecule has 0 aliphatic heterocycles. The van der Waals surface area contributed by atoms with Crippen LogP contribution in [0.5, 0.6) is 11.5 Å². The first kappa shape index (κ1) is 23.3. The number of ether oxygens (including phenoxy) is 2. The van der Waals surface area contributed by atoms with E-state index in [1.165, 1.54) is 0 Å². The molecule has 0 saturated heterocycles. The fourth-order valence-electron chi connectivity index (χ4n) is 3.96. The van der Waals surface area contributed by atoms with Gasteiger partial charge in [0.25, 0.3) is 0 Å². The number of carbonyl (C=O) groups is 1. The Kier molecular flexibility index (Phi) is 7.76. The Morgan fingerprint density at radius 2 is 1.59 bits per heavy atom. The summed E-state index contributed by atoms with van der Waals surface area (Å²) in [7, 11) is 0. The predicted octanol–water partition coefficient (Wildman–Crippen LogP) is 6.44. The van der Waals surface area contributed by atoms with Crippen molar-refractivity contribution in [1.82, 2.24) is 4.98 Å². The Morgan fingerprint density at radius 3 is 2.38 bits per heavy atom. The fourth-order valence-corrected chi connectivity index (χ4v) is 3.96. The molecule has 1 unspecified atom stereocenters. The average molecular weight is 456 g/mol. The van der Waals surface area contributed by atoms with Crippen molar-refractivity contribution < 1.29 is 19.4 Å². The molecule has 1 atom stereocenters. The quantitative estimate of drug-likeness (QED) is 0.282. The summed E-state index contributed by atoms with van der Waals surface area (Å²) in [6.07, 6.45) is 2.07. The number of benzene rings is 3. The van der Waals surface area contributed by atoms with Gasteiger partial charge in [-0.2, -0.15) is 0 Å². The van der Waals surface area contributed by atoms with E-state index in [4.69, 9.17) is 9.47 Å². The van der Waals surface area contributed by atoms with Crippen LogP contribution in [0.2, 0.25) is 0 Å². The number of pyridine rings is 1. The average Bonchev–Trinajstić information content (AvgIpc) is 2.86. The standard InChI is InChI=1S/C29H29NO4/c1-2-7-24(29(31)32)17-21-8-5-9-22(16-21)19-33-26-11-6-12-27(18-26)34-20-25-15-14-23-10-3-4-13-28(23)30-25/h3-6,8-16,18,24H,2,7,17,19-20H2,1H3,(H,31,32). The molecule has 4 rings (SSSR count). The molecule has 1 heterocycles. The number of rotatable bonds is 11. The summed E-state index contributed by atoms with van der Waals surface area (Å²) >= 11 is 0. The Morgan fingerprint density at radius 1 is 0.853 bits per heavy atom. The number of carboxylic acids is 1. The molecular formula is C29H29NO4. The number of fused-ring (bicyclic) bond motifs is 1. The summed E-state index contributed by atoms with van der Waals surface area (Å²) in [5, 5.41) is 10.5. The SMILES string of the molecule is CCCC(Cc1cccc(COc2cccc(OCc3ccc4ccccc4n3)c2)c1)C(=O)O. The third-order valence-corrected chi connectivity index (χ3v) is 5.71. The third-order valence-electron chi connectivity index (χ3n) is 5.71. The van der Waals surface area contributed by atoms with Crippen LogP contribution in [0.3, 0.4) is 0 Å². The van der Waals surface area contributed by atoms with Gasteiger partial charge in [-0.25, -0.2) is 4.98 Å². The monoisotopic (exact) mass is 455 g/mol. The number of carboxylic acid groups (broad SMARTS) is 1. The molecule has 34 heavy (non-hydrogen) atoms. The van der Waals surface area contributed by atoms with Crippen molar-refractivity contribution in [1.29, 1.82) is 0 Å². The number of hydrogen-bond acceptors (Lipinski definition) is 4. The largest absolute Gasteiger partial charge is 0.489 e. The Balaban J connectivity index is 1.34. The number of hydrogen-bond donors (Lipinski definition) is 1. The molecule has 0 aliphatic rings. The van der Waals surface area contributed by atoms with E-state index in [-0.39, 0.29) is 5.92 Å². The topological polar surface area (TPSA) is 68.7 Å². The van der Waals surface area contributed by atoms with E-state index in [0.717, 1.165) is 34.1 Å². The molecule has 1 N–H and O–H groups in total. The highest BCUT2D eigenvalue weighted by atomic mass is 16.5. The minimum atomic E-state index is -0.737. The van der Waals surface area contributed by atoms with Crippen LogP contribution >= 0.6 is 0 Å². The highest BCUT2D eigenvalue weighted by Crippen LogP contribution is 2.22. The van der Waals surface area contributed by atoms with E-state index >= 15 is 0 Å². The van der Waals surface area contributed by atoms with Gasteiger partial charge >= 0.3 is 5.97 Å². The van der Waals surface area contributed by atoms with Gasteiger partial charge in [0.2, 0.25) is 0 Å². The molecule has 5 nitrogen and oxygen atoms in total. The van der Waals surface area contributed by atoms with E-state index in [1.807, 2.05) is 85.8 Å². The second-order valence-electron chi connectivity index (χ2n) is 8.40. The Labute approximate surface area is 200 Å². The first-order valence-electron chi connectivity index (χ1n) is 11.6. The van der Waals surface area contributed by atoms with Gasteiger partial charge < -0.3 is 14.6 Å². The summed E-state index contributed by atoms with van der Waals surface area (Å²) in [5.74, 6) is 0.333. The molecular weight excluding hydrogens is 426 g/mol. The Hall–Kier alpha value is -3.86. The van der Waals surface area contributed by atoms with Gasteiger partial charge in [-0.3, -0.25) is 4.79 Å². The second-order valence-corrected chi connectivity index (χ2v) is 8.40. The maximum Gasteiger partial charge on any atom is 0.306 e. The molecule has 0 saturated carbocycles. The highest BCUT2D eigenvalue weighted by Gasteiger charge is 2.17. The smallest absolute Gasteiger partial charge is 0.306 e. The van der Waals surface area contributed by atoms with Crippen LogP contribution in [0.4, 0.5) is 0 Å². The van der Waals surface area contributed by atoms with Gasteiger partial charge in [0.1, 0.15) is 24.7 Å². The van der Waals surface area contributed by atoms with Gasteiger partial charge in [0.05, 0.1) is 17.1 Å². The maximum absolute atomic E-state index is 11.5. The summed E-state index contributed by atoms with van der Waals surface area (Å²) < 4.78 is 11.9. The second kappa shape index (κ2) is 11.3. The van der Waals surface area contributed by atoms with Crippen molar-refractivity contribution in [3.63, 3.8) is 0 Å². The number of nitrogens with zero attached hydrogens (tertiary/aromatic N) is 1. The zero-order chi connectivity index (χ0) is 23.8. The minimum absolute atomic E-state index is 0.355. The lowest BCUT2D eigenvalue weighted by Gasteiger charge is -2.13. The molecule has 5 heteroatoms. The molecule has 0 radical (unpaired) electrons. The number of aromatic nitrogens is 1. The normalized spacial score (nSPS) is 11.8. The Bertz CT molecular complexity index is 1250. The van der Waals surface area contributed by atoms with Crippen LogP contribution in [-0.4, -0.2) is 16.1 Å². The highest BCUT2D eigenvalue weighted by molar-refractivity contribution is 5.78. The first-order chi connectivity index (χ1) is 16.6. The van der Waals surface area contributed by atoms with Crippen LogP contribution in [0.25, 0.3) is 10.9 Å². The van der Waals surface area contributed by atoms with Crippen molar-refractivity contribution >= 4 is 16.9 Å². The van der Waals surface area contributed by atoms with E-state index in [1.54, 1.807) is 0 Å². The van der Waals surface area contributed by atoms with E-state index in [0.29, 0.717) is 37.6 Å². The van der Waals surface area contributed by atoms with Crippen molar-refractivity contribution in [2.24, 2.45) is 5.92 Å². The molecule has 1 aromatic heterocycles. The first-order valence-corrected chi connectivity index (χ1v) is 11.6. The van der Waals surface area contributed by atoms with Gasteiger partial charge in [-0.1, -0.05) is 67.9 Å². The van der Waals surface area contributed by atoms with Crippen LogP contribution in [-0.2, 0) is 24.4 Å². The van der Waals surface area contributed by atoms with Crippen LogP contribution in [0.15, 0.2) is 84.9 Å². The zero-order valence-electron chi connectivity index (χ0n) is 19.3. The van der Waals surface area contributed by atoms with Gasteiger partial charge in [-0.15, -0.1) is 0 Å². The summed E-state index contributed by atoms with van der Waals surface area (Å²) in [6, 6.07) is 27.5. The summed E-state index contributed by atoms with van der Waals surface area (Å²) in [5.41, 5.74) is 3.84. The van der Waals surface area contributed by atoms with E-state index in [9.17, 15) is 9.90 Å². The summed E-state index contributed by atoms with van der Waals surface area (Å²) in [6.45, 7) is 2.78. The lowest BCUT2D eigenvalue weighted by Crippen LogP contribution is -2.16. The molecule has 174 valence electrons. The predicted molar refractivity (Wildman–Crippen MR) is 133 cm³/mol. The molecule has 3 aromatic carbocycles. The molecule has 0 fully saturated rings. The van der Waals surface area contributed by atoms with E-state index < -0.39 is 5.97 Å². The van der Waals surface area contributed by atoms with Gasteiger partial charge in [0, 0.05) is 11.5 Å². The molecule has 0 amide bonds. The van der Waals surface area contributed by atoms with Crippen LogP contribution < -0.4 is 9.47 Å². The van der Waals surface area contributed by atoms with Gasteiger partial charge in [-0.05, 0) is 48.2 Å². The van der Waals surface area contributed by atoms with Crippen LogP contribution in [0.1, 0.15) is 36.6 Å². The molecule has 4 aromatic rings. The van der Waals surface area contributed by atoms with Crippen molar-refractivity contribution in [2.45, 2.75) is 39.4 Å². The lowest BCUT2D eigenvalue weighted by atomic mass is 9.94. The van der Waals surface area contributed by atoms with Crippen molar-refractivity contribution in [3.8, 4) is 11.5 Å². The molecule has 0 aliphatic carbocycles.